The Morgan fingerprint density at radius 3 is 2.07 bits per heavy atom. The molecule has 1 aliphatic heterocycles. The first-order valence-electron chi connectivity index (χ1n) is 6.61. The summed E-state index contributed by atoms with van der Waals surface area (Å²) in [5.41, 5.74) is -0.900. The summed E-state index contributed by atoms with van der Waals surface area (Å²) in [7, 11) is 0. The lowest BCUT2D eigenvalue weighted by molar-refractivity contribution is 0.00152. The van der Waals surface area contributed by atoms with Gasteiger partial charge in [0.15, 0.2) is 0 Å². The summed E-state index contributed by atoms with van der Waals surface area (Å²) in [6.07, 6.45) is 8.12. The first-order valence-corrected chi connectivity index (χ1v) is 6.61. The van der Waals surface area contributed by atoms with E-state index in [1.54, 1.807) is 0 Å². The van der Waals surface area contributed by atoms with Crippen LogP contribution in [0.2, 0.25) is 0 Å². The molecular weight excluding hydrogens is 189 g/mol. The maximum atomic E-state index is 14.8. The van der Waals surface area contributed by atoms with Gasteiger partial charge in [-0.1, -0.05) is 19.3 Å². The second kappa shape index (κ2) is 4.82. The number of hydrogen-bond donors (Lipinski definition) is 1. The van der Waals surface area contributed by atoms with Crippen molar-refractivity contribution in [2.75, 3.05) is 13.1 Å². The zero-order valence-electron chi connectivity index (χ0n) is 9.90. The highest BCUT2D eigenvalue weighted by atomic mass is 19.1. The van der Waals surface area contributed by atoms with Crippen molar-refractivity contribution < 1.29 is 4.39 Å². The molecule has 0 aromatic rings. The SMILES string of the molecule is CC(F)(C1CCCCC1)C1CCNCC1. The largest absolute Gasteiger partial charge is 0.317 e. The van der Waals surface area contributed by atoms with Gasteiger partial charge < -0.3 is 5.32 Å². The molecule has 1 unspecified atom stereocenters. The Labute approximate surface area is 92.8 Å². The molecule has 1 aliphatic carbocycles. The molecule has 0 spiro atoms. The van der Waals surface area contributed by atoms with Crippen molar-refractivity contribution in [1.29, 1.82) is 0 Å². The van der Waals surface area contributed by atoms with E-state index in [1.165, 1.54) is 19.3 Å². The second-order valence-electron chi connectivity index (χ2n) is 5.51. The lowest BCUT2D eigenvalue weighted by atomic mass is 9.70. The quantitative estimate of drug-likeness (QED) is 0.742. The molecule has 2 fully saturated rings. The van der Waals surface area contributed by atoms with E-state index in [4.69, 9.17) is 0 Å². The summed E-state index contributed by atoms with van der Waals surface area (Å²) < 4.78 is 14.8. The number of rotatable bonds is 2. The van der Waals surface area contributed by atoms with Gasteiger partial charge in [-0.25, -0.2) is 4.39 Å². The molecule has 88 valence electrons. The maximum absolute atomic E-state index is 14.8. The highest BCUT2D eigenvalue weighted by Gasteiger charge is 2.41. The average Bonchev–Trinajstić information content (AvgIpc) is 2.31. The van der Waals surface area contributed by atoms with Gasteiger partial charge in [-0.2, -0.15) is 0 Å². The predicted molar refractivity (Wildman–Crippen MR) is 61.7 cm³/mol. The minimum atomic E-state index is -0.900. The Balaban J connectivity index is 1.96. The number of alkyl halides is 1. The minimum absolute atomic E-state index is 0.307. The van der Waals surface area contributed by atoms with E-state index >= 15 is 0 Å². The van der Waals surface area contributed by atoms with Crippen molar-refractivity contribution in [2.45, 2.75) is 57.5 Å². The van der Waals surface area contributed by atoms with Gasteiger partial charge in [0.1, 0.15) is 5.67 Å². The molecule has 1 nitrogen and oxygen atoms in total. The smallest absolute Gasteiger partial charge is 0.114 e. The highest BCUT2D eigenvalue weighted by molar-refractivity contribution is 4.92. The molecule has 2 heteroatoms. The molecule has 15 heavy (non-hydrogen) atoms. The lowest BCUT2D eigenvalue weighted by Gasteiger charge is -2.41. The molecule has 1 saturated carbocycles. The van der Waals surface area contributed by atoms with Gasteiger partial charge in [-0.3, -0.25) is 0 Å². The van der Waals surface area contributed by atoms with Crippen LogP contribution in [0.1, 0.15) is 51.9 Å². The van der Waals surface area contributed by atoms with E-state index < -0.39 is 5.67 Å². The van der Waals surface area contributed by atoms with E-state index in [0.717, 1.165) is 38.8 Å². The topological polar surface area (TPSA) is 12.0 Å². The van der Waals surface area contributed by atoms with Crippen LogP contribution >= 0.6 is 0 Å². The third-order valence-electron chi connectivity index (χ3n) is 4.54. The highest BCUT2D eigenvalue weighted by Crippen LogP contribution is 2.42. The van der Waals surface area contributed by atoms with Crippen LogP contribution in [-0.2, 0) is 0 Å². The average molecular weight is 213 g/mol. The molecule has 1 heterocycles. The van der Waals surface area contributed by atoms with Gasteiger partial charge in [-0.15, -0.1) is 0 Å². The van der Waals surface area contributed by atoms with Gasteiger partial charge in [-0.05, 0) is 57.5 Å². The number of halogens is 1. The first kappa shape index (κ1) is 11.4. The Hall–Kier alpha value is -0.110. The summed E-state index contributed by atoms with van der Waals surface area (Å²) in [4.78, 5) is 0. The van der Waals surface area contributed by atoms with Gasteiger partial charge in [0.2, 0.25) is 0 Å². The molecule has 2 aliphatic rings. The van der Waals surface area contributed by atoms with Crippen LogP contribution in [0.4, 0.5) is 4.39 Å². The Bertz CT molecular complexity index is 171. The van der Waals surface area contributed by atoms with Crippen molar-refractivity contribution in [3.63, 3.8) is 0 Å². The Morgan fingerprint density at radius 1 is 0.933 bits per heavy atom. The van der Waals surface area contributed by atoms with Crippen LogP contribution in [0.3, 0.4) is 0 Å². The molecule has 1 atom stereocenters. The standard InChI is InChI=1S/C13H24FN/c1-13(14,11-5-3-2-4-6-11)12-7-9-15-10-8-12/h11-12,15H,2-10H2,1H3. The molecule has 1 saturated heterocycles. The van der Waals surface area contributed by atoms with Gasteiger partial charge in [0, 0.05) is 0 Å². The summed E-state index contributed by atoms with van der Waals surface area (Å²) in [6.45, 7) is 3.90. The molecule has 0 amide bonds. The summed E-state index contributed by atoms with van der Waals surface area (Å²) in [5.74, 6) is 0.649. The van der Waals surface area contributed by atoms with Crippen LogP contribution in [0.5, 0.6) is 0 Å². The van der Waals surface area contributed by atoms with Crippen molar-refractivity contribution in [3.8, 4) is 0 Å². The van der Waals surface area contributed by atoms with E-state index in [1.807, 2.05) is 6.92 Å². The van der Waals surface area contributed by atoms with E-state index in [0.29, 0.717) is 11.8 Å². The number of piperidine rings is 1. The van der Waals surface area contributed by atoms with E-state index in [9.17, 15) is 4.39 Å². The van der Waals surface area contributed by atoms with E-state index in [2.05, 4.69) is 5.32 Å². The third-order valence-corrected chi connectivity index (χ3v) is 4.54. The van der Waals surface area contributed by atoms with Crippen LogP contribution in [0.15, 0.2) is 0 Å². The zero-order valence-corrected chi connectivity index (χ0v) is 9.90. The molecule has 2 rings (SSSR count). The molecule has 1 N–H and O–H groups in total. The van der Waals surface area contributed by atoms with Crippen LogP contribution in [-0.4, -0.2) is 18.8 Å². The van der Waals surface area contributed by atoms with Crippen molar-refractivity contribution >= 4 is 0 Å². The fourth-order valence-electron chi connectivity index (χ4n) is 3.39. The monoisotopic (exact) mass is 213 g/mol. The summed E-state index contributed by atoms with van der Waals surface area (Å²) in [6, 6.07) is 0. The van der Waals surface area contributed by atoms with Gasteiger partial charge in [0.25, 0.3) is 0 Å². The number of nitrogens with one attached hydrogen (secondary N) is 1. The summed E-state index contributed by atoms with van der Waals surface area (Å²) >= 11 is 0. The molecule has 0 aromatic carbocycles. The molecular formula is C13H24FN. The molecule has 0 radical (unpaired) electrons. The van der Waals surface area contributed by atoms with Crippen LogP contribution < -0.4 is 5.32 Å². The van der Waals surface area contributed by atoms with Crippen molar-refractivity contribution in [1.82, 2.24) is 5.32 Å². The fourth-order valence-corrected chi connectivity index (χ4v) is 3.39. The normalized spacial score (nSPS) is 30.0. The van der Waals surface area contributed by atoms with Gasteiger partial charge in [0.05, 0.1) is 0 Å². The van der Waals surface area contributed by atoms with Crippen molar-refractivity contribution in [2.24, 2.45) is 11.8 Å². The van der Waals surface area contributed by atoms with Crippen LogP contribution in [0.25, 0.3) is 0 Å². The second-order valence-corrected chi connectivity index (χ2v) is 5.51. The molecule has 0 aromatic heterocycles. The zero-order chi connectivity index (χ0) is 10.7. The maximum Gasteiger partial charge on any atom is 0.114 e. The summed E-state index contributed by atoms with van der Waals surface area (Å²) in [5, 5.41) is 3.32. The third kappa shape index (κ3) is 2.52. The van der Waals surface area contributed by atoms with E-state index in [-0.39, 0.29) is 0 Å². The minimum Gasteiger partial charge on any atom is -0.317 e. The Kier molecular flexibility index (Phi) is 3.65. The van der Waals surface area contributed by atoms with Gasteiger partial charge >= 0.3 is 0 Å². The number of hydrogen-bond acceptors (Lipinski definition) is 1. The Morgan fingerprint density at radius 2 is 1.47 bits per heavy atom. The lowest BCUT2D eigenvalue weighted by Crippen LogP contribution is -2.44. The van der Waals surface area contributed by atoms with Crippen LogP contribution in [0, 0.1) is 11.8 Å². The first-order chi connectivity index (χ1) is 7.21. The fraction of sp³-hybridized carbons (Fsp3) is 1.00. The predicted octanol–water partition coefficient (Wildman–Crippen LogP) is 3.29. The van der Waals surface area contributed by atoms with Crippen molar-refractivity contribution in [3.05, 3.63) is 0 Å². The molecule has 0 bridgehead atoms.